The van der Waals surface area contributed by atoms with Crippen molar-refractivity contribution in [1.82, 2.24) is 15.1 Å². The summed E-state index contributed by atoms with van der Waals surface area (Å²) in [5, 5.41) is 27.5. The van der Waals surface area contributed by atoms with Crippen LogP contribution < -0.4 is 10.1 Å². The lowest BCUT2D eigenvalue weighted by Gasteiger charge is -2.16. The Kier molecular flexibility index (Phi) is 6.21. The summed E-state index contributed by atoms with van der Waals surface area (Å²) >= 11 is 0. The van der Waals surface area contributed by atoms with Crippen LogP contribution in [0.25, 0.3) is 5.69 Å². The molecule has 1 aliphatic rings. The predicted octanol–water partition coefficient (Wildman–Crippen LogP) is 2.94. The van der Waals surface area contributed by atoms with Crippen molar-refractivity contribution in [3.05, 3.63) is 76.1 Å². The summed E-state index contributed by atoms with van der Waals surface area (Å²) in [5.74, 6) is 0.220. The minimum Gasteiger partial charge on any atom is -0.492 e. The number of carbonyl (C=O) groups is 1. The summed E-state index contributed by atoms with van der Waals surface area (Å²) in [4.78, 5) is 11.7. The molecule has 0 saturated carbocycles. The van der Waals surface area contributed by atoms with E-state index in [-0.39, 0.29) is 12.6 Å². The summed E-state index contributed by atoms with van der Waals surface area (Å²) in [6.45, 7) is 5.38. The van der Waals surface area contributed by atoms with Gasteiger partial charge in [0, 0.05) is 36.5 Å². The Morgan fingerprint density at radius 3 is 3.00 bits per heavy atom. The quantitative estimate of drug-likeness (QED) is 0.527. The van der Waals surface area contributed by atoms with Crippen LogP contribution in [0.1, 0.15) is 51.2 Å². The molecule has 164 valence electrons. The van der Waals surface area contributed by atoms with Crippen LogP contribution in [0.4, 0.5) is 0 Å². The van der Waals surface area contributed by atoms with E-state index in [2.05, 4.69) is 16.5 Å². The number of nitrogens with one attached hydrogen (secondary N) is 1. The van der Waals surface area contributed by atoms with Gasteiger partial charge in [0.15, 0.2) is 0 Å². The van der Waals surface area contributed by atoms with E-state index >= 15 is 0 Å². The second-order valence-electron chi connectivity index (χ2n) is 7.55. The van der Waals surface area contributed by atoms with Crippen LogP contribution >= 0.6 is 0 Å². The first-order chi connectivity index (χ1) is 15.5. The number of esters is 1. The van der Waals surface area contributed by atoms with Gasteiger partial charge >= 0.3 is 5.97 Å². The van der Waals surface area contributed by atoms with Crippen LogP contribution in [-0.4, -0.2) is 34.0 Å². The Balaban J connectivity index is 1.39. The molecule has 4 rings (SSSR count). The molecule has 2 aromatic carbocycles. The molecule has 8 heteroatoms. The third kappa shape index (κ3) is 4.21. The fourth-order valence-corrected chi connectivity index (χ4v) is 3.81. The van der Waals surface area contributed by atoms with Crippen molar-refractivity contribution < 1.29 is 19.4 Å². The molecule has 0 spiro atoms. The zero-order valence-corrected chi connectivity index (χ0v) is 18.0. The zero-order valence-electron chi connectivity index (χ0n) is 18.0. The molecule has 0 unspecified atom stereocenters. The number of fused-ring (bicyclic) bond motifs is 1. The number of aliphatic hydroxyl groups is 1. The maximum atomic E-state index is 11.7. The largest absolute Gasteiger partial charge is 0.492 e. The molecule has 0 amide bonds. The highest BCUT2D eigenvalue weighted by atomic mass is 16.5. The van der Waals surface area contributed by atoms with E-state index in [0.717, 1.165) is 27.9 Å². The molecule has 32 heavy (non-hydrogen) atoms. The van der Waals surface area contributed by atoms with Crippen molar-refractivity contribution in [1.29, 1.82) is 5.26 Å². The lowest BCUT2D eigenvalue weighted by Crippen LogP contribution is -2.21. The SMILES string of the molecule is CCOc1cc(-n2cc(CNC[C@H](O)c3ccc4c(c3C)COC4=O)cn2)ccc1C#N. The number of hydrogen-bond donors (Lipinski definition) is 2. The van der Waals surface area contributed by atoms with Gasteiger partial charge in [-0.1, -0.05) is 6.07 Å². The summed E-state index contributed by atoms with van der Waals surface area (Å²) in [6, 6.07) is 11.0. The van der Waals surface area contributed by atoms with E-state index in [0.29, 0.717) is 36.6 Å². The molecule has 8 nitrogen and oxygen atoms in total. The van der Waals surface area contributed by atoms with Gasteiger partial charge in [0.1, 0.15) is 18.4 Å². The fourth-order valence-electron chi connectivity index (χ4n) is 3.81. The van der Waals surface area contributed by atoms with Gasteiger partial charge in [-0.2, -0.15) is 10.4 Å². The normalized spacial score (nSPS) is 13.4. The molecule has 0 bridgehead atoms. The number of nitriles is 1. The van der Waals surface area contributed by atoms with Gasteiger partial charge in [-0.3, -0.25) is 0 Å². The van der Waals surface area contributed by atoms with Crippen LogP contribution in [0.5, 0.6) is 5.75 Å². The number of ether oxygens (including phenoxy) is 2. The van der Waals surface area contributed by atoms with E-state index in [1.807, 2.05) is 26.1 Å². The first kappa shape index (κ1) is 21.6. The molecular formula is C24H24N4O4. The number of benzene rings is 2. The zero-order chi connectivity index (χ0) is 22.7. The van der Waals surface area contributed by atoms with Gasteiger partial charge in [0.05, 0.1) is 35.7 Å². The maximum Gasteiger partial charge on any atom is 0.338 e. The second-order valence-corrected chi connectivity index (χ2v) is 7.55. The average molecular weight is 432 g/mol. The summed E-state index contributed by atoms with van der Waals surface area (Å²) in [5.41, 5.74) is 5.33. The monoisotopic (exact) mass is 432 g/mol. The number of rotatable bonds is 8. The Hall–Kier alpha value is -3.67. The molecule has 1 aromatic heterocycles. The van der Waals surface area contributed by atoms with Crippen molar-refractivity contribution >= 4 is 5.97 Å². The van der Waals surface area contributed by atoms with Crippen molar-refractivity contribution in [2.24, 2.45) is 0 Å². The van der Waals surface area contributed by atoms with Gasteiger partial charge in [-0.15, -0.1) is 0 Å². The van der Waals surface area contributed by atoms with E-state index in [1.165, 1.54) is 0 Å². The summed E-state index contributed by atoms with van der Waals surface area (Å²) in [6.07, 6.45) is 2.93. The van der Waals surface area contributed by atoms with Crippen LogP contribution in [0.3, 0.4) is 0 Å². The Morgan fingerprint density at radius 2 is 2.22 bits per heavy atom. The number of aromatic nitrogens is 2. The third-order valence-corrected chi connectivity index (χ3v) is 5.52. The van der Waals surface area contributed by atoms with Gasteiger partial charge in [-0.05, 0) is 43.2 Å². The molecule has 2 N–H and O–H groups in total. The number of aliphatic hydroxyl groups excluding tert-OH is 1. The molecule has 1 aliphatic heterocycles. The summed E-state index contributed by atoms with van der Waals surface area (Å²) in [7, 11) is 0. The number of hydrogen-bond acceptors (Lipinski definition) is 7. The van der Waals surface area contributed by atoms with Crippen LogP contribution in [0, 0.1) is 18.3 Å². The Morgan fingerprint density at radius 1 is 1.38 bits per heavy atom. The molecule has 3 aromatic rings. The molecule has 2 heterocycles. The predicted molar refractivity (Wildman–Crippen MR) is 116 cm³/mol. The molecule has 0 aliphatic carbocycles. The number of nitrogens with zero attached hydrogens (tertiary/aromatic N) is 3. The minimum atomic E-state index is -0.710. The fraction of sp³-hybridized carbons (Fsp3) is 0.292. The lowest BCUT2D eigenvalue weighted by atomic mass is 9.95. The Bertz CT molecular complexity index is 1200. The standard InChI is InChI=1S/C24H24N4O4/c1-3-31-23-8-18(5-4-17(23)9-25)28-13-16(11-27-28)10-26-12-22(29)19-6-7-20-21(15(19)2)14-32-24(20)30/h4-8,11,13,22,26,29H,3,10,12,14H2,1-2H3/t22-/m0/s1. The van der Waals surface area contributed by atoms with Gasteiger partial charge < -0.3 is 19.9 Å². The third-order valence-electron chi connectivity index (χ3n) is 5.52. The van der Waals surface area contributed by atoms with Crippen molar-refractivity contribution in [3.63, 3.8) is 0 Å². The lowest BCUT2D eigenvalue weighted by molar-refractivity contribution is 0.0535. The molecular weight excluding hydrogens is 408 g/mol. The molecule has 1 atom stereocenters. The average Bonchev–Trinajstić information content (AvgIpc) is 3.41. The number of carbonyl (C=O) groups excluding carboxylic acids is 1. The van der Waals surface area contributed by atoms with Gasteiger partial charge in [-0.25, -0.2) is 9.48 Å². The second kappa shape index (κ2) is 9.22. The van der Waals surface area contributed by atoms with E-state index in [4.69, 9.17) is 9.47 Å². The highest BCUT2D eigenvalue weighted by Gasteiger charge is 2.25. The number of cyclic esters (lactones) is 1. The first-order valence-electron chi connectivity index (χ1n) is 10.4. The first-order valence-corrected chi connectivity index (χ1v) is 10.4. The molecule has 0 fully saturated rings. The summed E-state index contributed by atoms with van der Waals surface area (Å²) < 4.78 is 12.3. The highest BCUT2D eigenvalue weighted by Crippen LogP contribution is 2.29. The van der Waals surface area contributed by atoms with Crippen molar-refractivity contribution in [2.45, 2.75) is 33.1 Å². The molecule has 0 saturated heterocycles. The van der Waals surface area contributed by atoms with Gasteiger partial charge in [0.25, 0.3) is 0 Å². The minimum absolute atomic E-state index is 0.257. The van der Waals surface area contributed by atoms with Crippen LogP contribution in [-0.2, 0) is 17.9 Å². The van der Waals surface area contributed by atoms with Crippen molar-refractivity contribution in [3.8, 4) is 17.5 Å². The smallest absolute Gasteiger partial charge is 0.338 e. The van der Waals surface area contributed by atoms with E-state index in [9.17, 15) is 15.2 Å². The van der Waals surface area contributed by atoms with Crippen LogP contribution in [0.15, 0.2) is 42.7 Å². The van der Waals surface area contributed by atoms with E-state index in [1.54, 1.807) is 35.1 Å². The van der Waals surface area contributed by atoms with Crippen LogP contribution in [0.2, 0.25) is 0 Å². The highest BCUT2D eigenvalue weighted by molar-refractivity contribution is 5.93. The Labute approximate surface area is 186 Å². The van der Waals surface area contributed by atoms with Crippen molar-refractivity contribution in [2.75, 3.05) is 13.2 Å². The van der Waals surface area contributed by atoms with Gasteiger partial charge in [0.2, 0.25) is 0 Å². The maximum absolute atomic E-state index is 11.7. The topological polar surface area (TPSA) is 109 Å². The molecule has 0 radical (unpaired) electrons. The van der Waals surface area contributed by atoms with E-state index < -0.39 is 6.10 Å².